The van der Waals surface area contributed by atoms with Crippen LogP contribution in [0.15, 0.2) is 82.5 Å². The molecular weight excluding hydrogens is 446 g/mol. The van der Waals surface area contributed by atoms with Crippen LogP contribution in [0, 0.1) is 0 Å². The molecular formula is C27H27N3O3S. The lowest BCUT2D eigenvalue weighted by molar-refractivity contribution is -0.136. The first-order valence-corrected chi connectivity index (χ1v) is 12.0. The van der Waals surface area contributed by atoms with E-state index in [1.807, 2.05) is 24.3 Å². The van der Waals surface area contributed by atoms with Gasteiger partial charge in [-0.1, -0.05) is 74.5 Å². The van der Waals surface area contributed by atoms with E-state index in [9.17, 15) is 14.7 Å². The van der Waals surface area contributed by atoms with Gasteiger partial charge in [0.2, 0.25) is 0 Å². The Labute approximate surface area is 202 Å². The fourth-order valence-corrected chi connectivity index (χ4v) is 4.64. The van der Waals surface area contributed by atoms with E-state index in [2.05, 4.69) is 55.3 Å². The summed E-state index contributed by atoms with van der Waals surface area (Å²) in [6.07, 6.45) is 0.253. The minimum absolute atomic E-state index is 0.106. The summed E-state index contributed by atoms with van der Waals surface area (Å²) in [5.41, 5.74) is 3.85. The molecule has 4 rings (SSSR count). The van der Waals surface area contributed by atoms with Crippen LogP contribution in [-0.2, 0) is 16.8 Å². The third kappa shape index (κ3) is 5.37. The van der Waals surface area contributed by atoms with E-state index in [1.165, 1.54) is 22.0 Å². The molecule has 7 heteroatoms. The monoisotopic (exact) mass is 473 g/mol. The van der Waals surface area contributed by atoms with Gasteiger partial charge in [0.25, 0.3) is 5.56 Å². The summed E-state index contributed by atoms with van der Waals surface area (Å²) in [5, 5.41) is 17.5. The van der Waals surface area contributed by atoms with Gasteiger partial charge in [0.1, 0.15) is 10.8 Å². The number of rotatable bonds is 7. The van der Waals surface area contributed by atoms with Gasteiger partial charge in [0.15, 0.2) is 0 Å². The molecule has 1 N–H and O–H groups in total. The molecule has 0 aliphatic heterocycles. The standard InChI is InChI=1S/C27H27N3O3S/c1-27(2,3)20-12-8-18(9-13-20)19-10-14-21(15-11-19)34-24(26(32)33)16-17-30-25(31)22-6-4-5-7-23(22)28-29-30/h4-15,24H,16-17H2,1-3H3,(H,32,33). The summed E-state index contributed by atoms with van der Waals surface area (Å²) >= 11 is 1.27. The summed E-state index contributed by atoms with van der Waals surface area (Å²) in [4.78, 5) is 25.4. The Hall–Kier alpha value is -3.45. The highest BCUT2D eigenvalue weighted by atomic mass is 32.2. The first kappa shape index (κ1) is 23.7. The van der Waals surface area contributed by atoms with Crippen LogP contribution < -0.4 is 5.56 Å². The maximum absolute atomic E-state index is 12.6. The molecule has 0 fully saturated rings. The minimum atomic E-state index is -0.923. The third-order valence-corrected chi connectivity index (χ3v) is 6.99. The molecule has 1 atom stereocenters. The molecule has 0 aliphatic rings. The van der Waals surface area contributed by atoms with Crippen molar-refractivity contribution in [1.82, 2.24) is 15.0 Å². The zero-order chi connectivity index (χ0) is 24.3. The summed E-state index contributed by atoms with van der Waals surface area (Å²) in [6.45, 7) is 6.75. The number of carboxylic acids is 1. The number of aromatic nitrogens is 3. The molecule has 0 radical (unpaired) electrons. The molecule has 0 amide bonds. The second-order valence-corrected chi connectivity index (χ2v) is 10.5. The van der Waals surface area contributed by atoms with Gasteiger partial charge in [0.05, 0.1) is 5.39 Å². The van der Waals surface area contributed by atoms with E-state index in [1.54, 1.807) is 24.3 Å². The van der Waals surface area contributed by atoms with Crippen molar-refractivity contribution in [2.45, 2.75) is 49.3 Å². The van der Waals surface area contributed by atoms with Crippen LogP contribution in [0.3, 0.4) is 0 Å². The number of benzene rings is 3. The van der Waals surface area contributed by atoms with Crippen molar-refractivity contribution in [3.05, 3.63) is 88.7 Å². The average molecular weight is 474 g/mol. The van der Waals surface area contributed by atoms with Crippen molar-refractivity contribution >= 4 is 28.6 Å². The van der Waals surface area contributed by atoms with Crippen LogP contribution in [-0.4, -0.2) is 31.3 Å². The number of thioether (sulfide) groups is 1. The van der Waals surface area contributed by atoms with E-state index in [0.29, 0.717) is 10.9 Å². The van der Waals surface area contributed by atoms with Crippen LogP contribution in [0.5, 0.6) is 0 Å². The maximum atomic E-state index is 12.6. The Morgan fingerprint density at radius 1 is 0.971 bits per heavy atom. The third-order valence-electron chi connectivity index (χ3n) is 5.72. The fraction of sp³-hybridized carbons (Fsp3) is 0.259. The van der Waals surface area contributed by atoms with Gasteiger partial charge in [-0.2, -0.15) is 0 Å². The lowest BCUT2D eigenvalue weighted by Crippen LogP contribution is -2.27. The SMILES string of the molecule is CC(C)(C)c1ccc(-c2ccc(SC(CCn3nnc4ccccc4c3=O)C(=O)O)cc2)cc1. The maximum Gasteiger partial charge on any atom is 0.317 e. The summed E-state index contributed by atoms with van der Waals surface area (Å²) < 4.78 is 1.24. The van der Waals surface area contributed by atoms with Gasteiger partial charge in [-0.25, -0.2) is 4.68 Å². The second kappa shape index (κ2) is 9.81. The van der Waals surface area contributed by atoms with Crippen molar-refractivity contribution in [3.63, 3.8) is 0 Å². The lowest BCUT2D eigenvalue weighted by Gasteiger charge is -2.19. The largest absolute Gasteiger partial charge is 0.480 e. The average Bonchev–Trinajstić information content (AvgIpc) is 2.83. The lowest BCUT2D eigenvalue weighted by atomic mass is 9.86. The number of aryl methyl sites for hydroxylation is 1. The predicted octanol–water partition coefficient (Wildman–Crippen LogP) is 5.39. The van der Waals surface area contributed by atoms with Gasteiger partial charge < -0.3 is 5.11 Å². The number of nitrogens with zero attached hydrogens (tertiary/aromatic N) is 3. The smallest absolute Gasteiger partial charge is 0.317 e. The molecule has 1 heterocycles. The predicted molar refractivity (Wildman–Crippen MR) is 136 cm³/mol. The Morgan fingerprint density at radius 3 is 2.21 bits per heavy atom. The molecule has 3 aromatic carbocycles. The van der Waals surface area contributed by atoms with Crippen LogP contribution in [0.25, 0.3) is 22.0 Å². The number of carbonyl (C=O) groups is 1. The molecule has 0 bridgehead atoms. The quantitative estimate of drug-likeness (QED) is 0.362. The van der Waals surface area contributed by atoms with E-state index in [-0.39, 0.29) is 23.9 Å². The highest BCUT2D eigenvalue weighted by Gasteiger charge is 2.20. The summed E-state index contributed by atoms with van der Waals surface area (Å²) in [5.74, 6) is -0.923. The topological polar surface area (TPSA) is 85.1 Å². The van der Waals surface area contributed by atoms with E-state index < -0.39 is 11.2 Å². The zero-order valence-electron chi connectivity index (χ0n) is 19.4. The van der Waals surface area contributed by atoms with Crippen molar-refractivity contribution in [2.75, 3.05) is 0 Å². The summed E-state index contributed by atoms with van der Waals surface area (Å²) in [6, 6.07) is 23.4. The normalized spacial score (nSPS) is 12.6. The minimum Gasteiger partial charge on any atom is -0.480 e. The first-order chi connectivity index (χ1) is 16.2. The zero-order valence-corrected chi connectivity index (χ0v) is 20.2. The van der Waals surface area contributed by atoms with Gasteiger partial charge in [0, 0.05) is 11.4 Å². The van der Waals surface area contributed by atoms with Crippen molar-refractivity contribution < 1.29 is 9.90 Å². The molecule has 0 aliphatic carbocycles. The second-order valence-electron chi connectivity index (χ2n) is 9.22. The van der Waals surface area contributed by atoms with Crippen LogP contribution in [0.4, 0.5) is 0 Å². The van der Waals surface area contributed by atoms with Crippen LogP contribution in [0.1, 0.15) is 32.8 Å². The van der Waals surface area contributed by atoms with Crippen LogP contribution in [0.2, 0.25) is 0 Å². The highest BCUT2D eigenvalue weighted by molar-refractivity contribution is 8.00. The molecule has 34 heavy (non-hydrogen) atoms. The summed E-state index contributed by atoms with van der Waals surface area (Å²) in [7, 11) is 0. The van der Waals surface area contributed by atoms with E-state index >= 15 is 0 Å². The van der Waals surface area contributed by atoms with Crippen molar-refractivity contribution in [2.24, 2.45) is 0 Å². The van der Waals surface area contributed by atoms with Gasteiger partial charge >= 0.3 is 5.97 Å². The highest BCUT2D eigenvalue weighted by Crippen LogP contribution is 2.30. The Morgan fingerprint density at radius 2 is 1.59 bits per heavy atom. The molecule has 4 aromatic rings. The van der Waals surface area contributed by atoms with Gasteiger partial charge in [-0.05, 0) is 52.8 Å². The number of fused-ring (bicyclic) bond motifs is 1. The molecule has 1 aromatic heterocycles. The number of aliphatic carboxylic acids is 1. The van der Waals surface area contributed by atoms with Crippen molar-refractivity contribution in [1.29, 1.82) is 0 Å². The Bertz CT molecular complexity index is 1360. The van der Waals surface area contributed by atoms with Crippen LogP contribution >= 0.6 is 11.8 Å². The van der Waals surface area contributed by atoms with E-state index in [4.69, 9.17) is 0 Å². The first-order valence-electron chi connectivity index (χ1n) is 11.2. The molecule has 1 unspecified atom stereocenters. The number of carboxylic acid groups (broad SMARTS) is 1. The molecule has 174 valence electrons. The van der Waals surface area contributed by atoms with Gasteiger partial charge in [-0.3, -0.25) is 9.59 Å². The molecule has 0 spiro atoms. The Kier molecular flexibility index (Phi) is 6.84. The van der Waals surface area contributed by atoms with Crippen molar-refractivity contribution in [3.8, 4) is 11.1 Å². The fourth-order valence-electron chi connectivity index (χ4n) is 3.70. The Balaban J connectivity index is 1.44. The van der Waals surface area contributed by atoms with E-state index in [0.717, 1.165) is 16.0 Å². The molecule has 6 nitrogen and oxygen atoms in total. The number of hydrogen-bond acceptors (Lipinski definition) is 5. The number of hydrogen-bond donors (Lipinski definition) is 1. The molecule has 0 saturated carbocycles. The molecule has 0 saturated heterocycles. The van der Waals surface area contributed by atoms with Gasteiger partial charge in [-0.15, -0.1) is 16.9 Å².